The summed E-state index contributed by atoms with van der Waals surface area (Å²) in [5, 5.41) is 4.59. The van der Waals surface area contributed by atoms with Crippen LogP contribution in [0.1, 0.15) is 0 Å². The highest BCUT2D eigenvalue weighted by molar-refractivity contribution is 6.42. The third-order valence-corrected chi connectivity index (χ3v) is 3.60. The Labute approximate surface area is 129 Å². The second-order valence-electron chi connectivity index (χ2n) is 4.26. The van der Waals surface area contributed by atoms with Crippen molar-refractivity contribution in [3.05, 3.63) is 52.3 Å². The van der Waals surface area contributed by atoms with E-state index in [1.165, 1.54) is 12.1 Å². The molecule has 0 saturated heterocycles. The number of hydrogen-bond acceptors (Lipinski definition) is 4. The zero-order valence-electron chi connectivity index (χ0n) is 10.5. The number of nitrogen functional groups attached to an aromatic ring is 1. The number of anilines is 1. The Morgan fingerprint density at radius 1 is 1.10 bits per heavy atom. The molecule has 2 aromatic carbocycles. The third-order valence-electron chi connectivity index (χ3n) is 2.86. The van der Waals surface area contributed by atoms with E-state index in [9.17, 15) is 4.39 Å². The van der Waals surface area contributed by atoms with Gasteiger partial charge in [0.2, 0.25) is 5.82 Å². The summed E-state index contributed by atoms with van der Waals surface area (Å²) in [4.78, 5) is 4.14. The lowest BCUT2D eigenvalue weighted by Crippen LogP contribution is -1.93. The van der Waals surface area contributed by atoms with Crippen molar-refractivity contribution in [3.8, 4) is 22.8 Å². The van der Waals surface area contributed by atoms with Crippen molar-refractivity contribution < 1.29 is 8.91 Å². The van der Waals surface area contributed by atoms with Crippen LogP contribution in [-0.2, 0) is 0 Å². The van der Waals surface area contributed by atoms with Crippen molar-refractivity contribution in [1.82, 2.24) is 10.1 Å². The lowest BCUT2D eigenvalue weighted by molar-refractivity contribution is 0.430. The summed E-state index contributed by atoms with van der Waals surface area (Å²) >= 11 is 11.8. The predicted molar refractivity (Wildman–Crippen MR) is 79.6 cm³/mol. The molecule has 0 fully saturated rings. The van der Waals surface area contributed by atoms with Gasteiger partial charge < -0.3 is 10.3 Å². The fourth-order valence-corrected chi connectivity index (χ4v) is 2.14. The maximum Gasteiger partial charge on any atom is 0.263 e. The Morgan fingerprint density at radius 3 is 2.62 bits per heavy atom. The highest BCUT2D eigenvalue weighted by Crippen LogP contribution is 2.31. The van der Waals surface area contributed by atoms with Crippen molar-refractivity contribution in [2.45, 2.75) is 0 Å². The average Bonchev–Trinajstić information content (AvgIpc) is 2.91. The van der Waals surface area contributed by atoms with Crippen LogP contribution in [0.3, 0.4) is 0 Å². The van der Waals surface area contributed by atoms with E-state index < -0.39 is 5.82 Å². The Kier molecular flexibility index (Phi) is 3.53. The van der Waals surface area contributed by atoms with Gasteiger partial charge in [-0.3, -0.25) is 0 Å². The van der Waals surface area contributed by atoms with Crippen molar-refractivity contribution >= 4 is 28.9 Å². The lowest BCUT2D eigenvalue weighted by atomic mass is 10.1. The first-order chi connectivity index (χ1) is 10.1. The van der Waals surface area contributed by atoms with Gasteiger partial charge in [-0.2, -0.15) is 4.98 Å². The van der Waals surface area contributed by atoms with Crippen LogP contribution >= 0.6 is 23.2 Å². The van der Waals surface area contributed by atoms with Crippen molar-refractivity contribution in [3.63, 3.8) is 0 Å². The van der Waals surface area contributed by atoms with Gasteiger partial charge in [0.1, 0.15) is 5.82 Å². The monoisotopic (exact) mass is 323 g/mol. The predicted octanol–water partition coefficient (Wildman–Crippen LogP) is 4.43. The number of halogens is 3. The van der Waals surface area contributed by atoms with E-state index in [0.29, 0.717) is 15.6 Å². The highest BCUT2D eigenvalue weighted by atomic mass is 35.5. The standard InChI is InChI=1S/C14H8Cl2FN3O/c15-8-5-4-7(6-9(8)16)13-19-14(21-20-13)12-10(17)2-1-3-11(12)18/h1-6H,18H2. The smallest absolute Gasteiger partial charge is 0.263 e. The van der Waals surface area contributed by atoms with E-state index in [4.69, 9.17) is 33.5 Å². The first kappa shape index (κ1) is 13.9. The van der Waals surface area contributed by atoms with Gasteiger partial charge in [-0.15, -0.1) is 0 Å². The van der Waals surface area contributed by atoms with Gasteiger partial charge in [0.05, 0.1) is 15.6 Å². The van der Waals surface area contributed by atoms with Crippen LogP contribution in [-0.4, -0.2) is 10.1 Å². The van der Waals surface area contributed by atoms with Gasteiger partial charge in [-0.05, 0) is 30.3 Å². The molecular formula is C14H8Cl2FN3O. The van der Waals surface area contributed by atoms with Crippen LogP contribution in [0.4, 0.5) is 10.1 Å². The zero-order chi connectivity index (χ0) is 15.0. The van der Waals surface area contributed by atoms with Crippen LogP contribution in [0.15, 0.2) is 40.9 Å². The minimum Gasteiger partial charge on any atom is -0.398 e. The first-order valence-corrected chi connectivity index (χ1v) is 6.65. The molecule has 0 bridgehead atoms. The van der Waals surface area contributed by atoms with Gasteiger partial charge in [-0.25, -0.2) is 4.39 Å². The van der Waals surface area contributed by atoms with Crippen molar-refractivity contribution in [2.24, 2.45) is 0 Å². The molecule has 2 N–H and O–H groups in total. The van der Waals surface area contributed by atoms with Crippen molar-refractivity contribution in [2.75, 3.05) is 5.73 Å². The summed E-state index contributed by atoms with van der Waals surface area (Å²) in [6.07, 6.45) is 0. The van der Waals surface area contributed by atoms with Crippen LogP contribution in [0.5, 0.6) is 0 Å². The molecule has 0 aliphatic rings. The molecule has 0 saturated carbocycles. The largest absolute Gasteiger partial charge is 0.398 e. The first-order valence-electron chi connectivity index (χ1n) is 5.90. The molecule has 1 aromatic heterocycles. The summed E-state index contributed by atoms with van der Waals surface area (Å²) < 4.78 is 18.9. The maximum absolute atomic E-state index is 13.8. The van der Waals surface area contributed by atoms with Crippen LogP contribution < -0.4 is 5.73 Å². The number of nitrogens with zero attached hydrogens (tertiary/aromatic N) is 2. The fourth-order valence-electron chi connectivity index (χ4n) is 1.84. The van der Waals surface area contributed by atoms with Gasteiger partial charge in [-0.1, -0.05) is 34.4 Å². The van der Waals surface area contributed by atoms with E-state index in [1.807, 2.05) is 0 Å². The maximum atomic E-state index is 13.8. The van der Waals surface area contributed by atoms with E-state index >= 15 is 0 Å². The van der Waals surface area contributed by atoms with Crippen LogP contribution in [0, 0.1) is 5.82 Å². The van der Waals surface area contributed by atoms with E-state index in [2.05, 4.69) is 10.1 Å². The lowest BCUT2D eigenvalue weighted by Gasteiger charge is -2.00. The number of benzene rings is 2. The SMILES string of the molecule is Nc1cccc(F)c1-c1nc(-c2ccc(Cl)c(Cl)c2)no1. The van der Waals surface area contributed by atoms with Crippen LogP contribution in [0.25, 0.3) is 22.8 Å². The summed E-state index contributed by atoms with van der Waals surface area (Å²) in [5.41, 5.74) is 6.65. The normalized spacial score (nSPS) is 10.8. The van der Waals surface area contributed by atoms with E-state index in [0.717, 1.165) is 0 Å². The number of aromatic nitrogens is 2. The molecule has 21 heavy (non-hydrogen) atoms. The van der Waals surface area contributed by atoms with Gasteiger partial charge >= 0.3 is 0 Å². The van der Waals surface area contributed by atoms with Crippen LogP contribution in [0.2, 0.25) is 10.0 Å². The Hall–Kier alpha value is -2.11. The van der Waals surface area contributed by atoms with E-state index in [1.54, 1.807) is 24.3 Å². The molecule has 3 rings (SSSR count). The number of rotatable bonds is 2. The Morgan fingerprint density at radius 2 is 1.90 bits per heavy atom. The Balaban J connectivity index is 2.06. The molecule has 1 heterocycles. The molecule has 7 heteroatoms. The molecule has 0 aliphatic heterocycles. The molecule has 0 radical (unpaired) electrons. The molecule has 106 valence electrons. The number of hydrogen-bond donors (Lipinski definition) is 1. The van der Waals surface area contributed by atoms with Gasteiger partial charge in [0, 0.05) is 11.3 Å². The minimum absolute atomic E-state index is 0.00618. The second kappa shape index (κ2) is 5.35. The minimum atomic E-state index is -0.528. The zero-order valence-corrected chi connectivity index (χ0v) is 12.0. The summed E-state index contributed by atoms with van der Waals surface area (Å²) in [6.45, 7) is 0. The van der Waals surface area contributed by atoms with Gasteiger partial charge in [0.25, 0.3) is 5.89 Å². The quantitative estimate of drug-likeness (QED) is 0.708. The summed E-state index contributed by atoms with van der Waals surface area (Å²) in [7, 11) is 0. The second-order valence-corrected chi connectivity index (χ2v) is 5.07. The molecule has 4 nitrogen and oxygen atoms in total. The topological polar surface area (TPSA) is 64.9 Å². The third kappa shape index (κ3) is 2.57. The van der Waals surface area contributed by atoms with Crippen molar-refractivity contribution in [1.29, 1.82) is 0 Å². The van der Waals surface area contributed by atoms with Gasteiger partial charge in [0.15, 0.2) is 0 Å². The summed E-state index contributed by atoms with van der Waals surface area (Å²) in [5.74, 6) is -0.253. The number of nitrogens with two attached hydrogens (primary N) is 1. The molecule has 0 amide bonds. The van der Waals surface area contributed by atoms with E-state index in [-0.39, 0.29) is 23.0 Å². The molecule has 0 atom stereocenters. The molecule has 3 aromatic rings. The molecule has 0 spiro atoms. The molecule has 0 unspecified atom stereocenters. The fraction of sp³-hybridized carbons (Fsp3) is 0. The molecular weight excluding hydrogens is 316 g/mol. The highest BCUT2D eigenvalue weighted by Gasteiger charge is 2.17. The Bertz CT molecular complexity index is 799. The average molecular weight is 324 g/mol. The molecule has 0 aliphatic carbocycles. The summed E-state index contributed by atoms with van der Waals surface area (Å²) in [6, 6.07) is 9.24.